The van der Waals surface area contributed by atoms with Gasteiger partial charge in [-0.05, 0) is 54.9 Å². The average molecular weight is 362 g/mol. The van der Waals surface area contributed by atoms with E-state index in [9.17, 15) is 5.26 Å². The maximum Gasteiger partial charge on any atom is 0.118 e. The minimum Gasteiger partial charge on any atom is -0.284 e. The first kappa shape index (κ1) is 17.5. The Kier molecular flexibility index (Phi) is 4.84. The molecule has 0 saturated heterocycles. The summed E-state index contributed by atoms with van der Waals surface area (Å²) in [7, 11) is 0. The van der Waals surface area contributed by atoms with Crippen LogP contribution in [0.1, 0.15) is 17.7 Å². The molecule has 0 bridgehead atoms. The quantitative estimate of drug-likeness (QED) is 0.751. The molecule has 0 unspecified atom stereocenters. The molecular weight excluding hydrogens is 344 g/mol. The number of allylic oxidation sites excluding steroid dienone is 11. The van der Waals surface area contributed by atoms with Crippen LogP contribution in [0.25, 0.3) is 17.0 Å². The number of aryl methyl sites for hydroxylation is 1. The maximum atomic E-state index is 9.27. The molecule has 0 radical (unpaired) electrons. The van der Waals surface area contributed by atoms with Crippen LogP contribution in [0.5, 0.6) is 0 Å². The van der Waals surface area contributed by atoms with E-state index in [1.165, 1.54) is 0 Å². The highest BCUT2D eigenvalue weighted by molar-refractivity contribution is 5.84. The second kappa shape index (κ2) is 7.75. The summed E-state index contributed by atoms with van der Waals surface area (Å²) in [5, 5.41) is 16.7. The molecule has 4 rings (SSSR count). The largest absolute Gasteiger partial charge is 0.284 e. The molecule has 0 fully saturated rings. The lowest BCUT2D eigenvalue weighted by Gasteiger charge is -2.08. The van der Waals surface area contributed by atoms with Gasteiger partial charge in [0, 0.05) is 28.6 Å². The van der Waals surface area contributed by atoms with E-state index in [1.54, 1.807) is 0 Å². The number of H-pyrrole nitrogens is 1. The van der Waals surface area contributed by atoms with Crippen LogP contribution >= 0.6 is 0 Å². The first-order valence-electron chi connectivity index (χ1n) is 9.07. The fraction of sp³-hybridized carbons (Fsp3) is 0.0833. The van der Waals surface area contributed by atoms with Crippen molar-refractivity contribution in [2.45, 2.75) is 13.3 Å². The standard InChI is InChI=1S/C24H18N4/c1-17-6-4-11-23(27-17)24-22(16-26-28-24)20-9-5-10-21-14-18(15-25)7-2-3-8-19(21)12-13-20/h3-7,9-14,16H,2H2,1H3,(H,26,28)/b10-5+,13-12-,18-7+,20-9-,21-14-. The average Bonchev–Trinajstić information content (AvgIpc) is 3.15. The smallest absolute Gasteiger partial charge is 0.118 e. The zero-order chi connectivity index (χ0) is 19.3. The molecule has 0 amide bonds. The number of hydrogen-bond donors (Lipinski definition) is 1. The van der Waals surface area contributed by atoms with E-state index >= 15 is 0 Å². The molecule has 0 saturated carbocycles. The topological polar surface area (TPSA) is 65.4 Å². The molecule has 134 valence electrons. The second-order valence-corrected chi connectivity index (χ2v) is 6.49. The highest BCUT2D eigenvalue weighted by atomic mass is 15.1. The number of aromatic nitrogens is 3. The highest BCUT2D eigenvalue weighted by Gasteiger charge is 2.13. The minimum absolute atomic E-state index is 0.663. The summed E-state index contributed by atoms with van der Waals surface area (Å²) in [6.07, 6.45) is 18.4. The minimum atomic E-state index is 0.663. The van der Waals surface area contributed by atoms with Gasteiger partial charge in [-0.2, -0.15) is 10.4 Å². The molecule has 2 aromatic rings. The van der Waals surface area contributed by atoms with Crippen molar-refractivity contribution in [3.05, 3.63) is 107 Å². The lowest BCUT2D eigenvalue weighted by molar-refractivity contribution is 1.08. The molecule has 28 heavy (non-hydrogen) atoms. The van der Waals surface area contributed by atoms with E-state index in [1.807, 2.05) is 73.9 Å². The van der Waals surface area contributed by atoms with Crippen molar-refractivity contribution in [2.24, 2.45) is 0 Å². The molecule has 1 N–H and O–H groups in total. The van der Waals surface area contributed by atoms with Crippen LogP contribution < -0.4 is 0 Å². The van der Waals surface area contributed by atoms with Gasteiger partial charge in [-0.1, -0.05) is 36.4 Å². The Morgan fingerprint density at radius 3 is 2.96 bits per heavy atom. The Balaban J connectivity index is 1.77. The molecule has 0 aromatic carbocycles. The molecular formula is C24H18N4. The fourth-order valence-corrected chi connectivity index (χ4v) is 3.15. The van der Waals surface area contributed by atoms with E-state index in [-0.39, 0.29) is 0 Å². The lowest BCUT2D eigenvalue weighted by atomic mass is 9.95. The summed E-state index contributed by atoms with van der Waals surface area (Å²) in [5.41, 5.74) is 10.5. The molecule has 2 aliphatic carbocycles. The third-order valence-electron chi connectivity index (χ3n) is 4.53. The third-order valence-corrected chi connectivity index (χ3v) is 4.53. The number of hydrogen-bond acceptors (Lipinski definition) is 3. The van der Waals surface area contributed by atoms with Crippen LogP contribution in [0.3, 0.4) is 0 Å². The number of nitrogens with zero attached hydrogens (tertiary/aromatic N) is 3. The zero-order valence-corrected chi connectivity index (χ0v) is 15.5. The van der Waals surface area contributed by atoms with Crippen molar-refractivity contribution < 1.29 is 0 Å². The van der Waals surface area contributed by atoms with Gasteiger partial charge in [-0.15, -0.1) is 5.73 Å². The molecule has 0 aliphatic heterocycles. The first-order chi connectivity index (χ1) is 13.7. The highest BCUT2D eigenvalue weighted by Crippen LogP contribution is 2.29. The molecule has 4 heteroatoms. The van der Waals surface area contributed by atoms with Crippen LogP contribution in [0.15, 0.2) is 95.5 Å². The Labute approximate surface area is 163 Å². The summed E-state index contributed by atoms with van der Waals surface area (Å²) in [4.78, 5) is 4.60. The third kappa shape index (κ3) is 3.61. The molecule has 4 nitrogen and oxygen atoms in total. The van der Waals surface area contributed by atoms with Crippen LogP contribution in [0, 0.1) is 18.3 Å². The normalized spacial score (nSPS) is 23.6. The van der Waals surface area contributed by atoms with Gasteiger partial charge in [-0.3, -0.25) is 10.1 Å². The number of rotatable bonds is 2. The number of aromatic amines is 1. The summed E-state index contributed by atoms with van der Waals surface area (Å²) in [6, 6.07) is 8.15. The van der Waals surface area contributed by atoms with Crippen LogP contribution in [0.4, 0.5) is 0 Å². The SMILES string of the molecule is Cc1cccc(-c2n[nH]cc2C2=C\C=C\C3=C\C(C#N)=C/CC=C=C3/C=C\2)n1. The molecule has 2 aliphatic rings. The molecule has 0 spiro atoms. The van der Waals surface area contributed by atoms with E-state index in [0.717, 1.165) is 39.4 Å². The summed E-state index contributed by atoms with van der Waals surface area (Å²) in [6.45, 7) is 1.97. The van der Waals surface area contributed by atoms with E-state index in [4.69, 9.17) is 0 Å². The van der Waals surface area contributed by atoms with Gasteiger partial charge in [0.05, 0.1) is 11.8 Å². The van der Waals surface area contributed by atoms with Crippen molar-refractivity contribution in [3.8, 4) is 17.5 Å². The van der Waals surface area contributed by atoms with E-state index in [2.05, 4.69) is 33.1 Å². The predicted octanol–water partition coefficient (Wildman–Crippen LogP) is 5.15. The molecule has 2 aromatic heterocycles. The van der Waals surface area contributed by atoms with E-state index < -0.39 is 0 Å². The van der Waals surface area contributed by atoms with Crippen LogP contribution in [-0.4, -0.2) is 15.2 Å². The van der Waals surface area contributed by atoms with Gasteiger partial charge in [0.25, 0.3) is 0 Å². The van der Waals surface area contributed by atoms with Gasteiger partial charge >= 0.3 is 0 Å². The number of fused-ring (bicyclic) bond motifs is 1. The lowest BCUT2D eigenvalue weighted by Crippen LogP contribution is -1.92. The number of nitrogens with one attached hydrogen (secondary N) is 1. The van der Waals surface area contributed by atoms with Crippen LogP contribution in [-0.2, 0) is 0 Å². The van der Waals surface area contributed by atoms with Gasteiger partial charge < -0.3 is 0 Å². The summed E-state index contributed by atoms with van der Waals surface area (Å²) < 4.78 is 0. The van der Waals surface area contributed by atoms with Gasteiger partial charge in [-0.25, -0.2) is 0 Å². The molecule has 2 heterocycles. The zero-order valence-electron chi connectivity index (χ0n) is 15.5. The number of nitriles is 1. The number of pyridine rings is 1. The monoisotopic (exact) mass is 362 g/mol. The Hall–Kier alpha value is -3.93. The van der Waals surface area contributed by atoms with Crippen molar-refractivity contribution in [1.82, 2.24) is 15.2 Å². The van der Waals surface area contributed by atoms with Crippen molar-refractivity contribution in [2.75, 3.05) is 0 Å². The summed E-state index contributed by atoms with van der Waals surface area (Å²) in [5.74, 6) is 0. The molecule has 0 atom stereocenters. The Morgan fingerprint density at radius 2 is 2.11 bits per heavy atom. The summed E-state index contributed by atoms with van der Waals surface area (Å²) >= 11 is 0. The Bertz CT molecular complexity index is 1180. The van der Waals surface area contributed by atoms with Crippen molar-refractivity contribution >= 4 is 5.57 Å². The van der Waals surface area contributed by atoms with Crippen LogP contribution in [0.2, 0.25) is 0 Å². The predicted molar refractivity (Wildman–Crippen MR) is 111 cm³/mol. The van der Waals surface area contributed by atoms with Gasteiger partial charge in [0.2, 0.25) is 0 Å². The van der Waals surface area contributed by atoms with Gasteiger partial charge in [0.1, 0.15) is 5.69 Å². The maximum absolute atomic E-state index is 9.27. The fourth-order valence-electron chi connectivity index (χ4n) is 3.15. The van der Waals surface area contributed by atoms with Crippen molar-refractivity contribution in [3.63, 3.8) is 0 Å². The second-order valence-electron chi connectivity index (χ2n) is 6.49. The van der Waals surface area contributed by atoms with Gasteiger partial charge in [0.15, 0.2) is 0 Å². The van der Waals surface area contributed by atoms with E-state index in [0.29, 0.717) is 12.0 Å². The van der Waals surface area contributed by atoms with Crippen molar-refractivity contribution in [1.29, 1.82) is 5.26 Å². The Morgan fingerprint density at radius 1 is 1.18 bits per heavy atom. The first-order valence-corrected chi connectivity index (χ1v) is 9.07.